The maximum Gasteiger partial charge on any atom is 0.410 e. The first-order valence-corrected chi connectivity index (χ1v) is 16.6. The number of aromatic nitrogens is 3. The van der Waals surface area contributed by atoms with E-state index in [-0.39, 0.29) is 6.09 Å². The molecule has 1 fully saturated rings. The Morgan fingerprint density at radius 1 is 1.04 bits per heavy atom. The topological polar surface area (TPSA) is 117 Å². The number of carbonyl (C=O) groups is 1. The second-order valence-electron chi connectivity index (χ2n) is 13.6. The van der Waals surface area contributed by atoms with E-state index >= 15 is 0 Å². The Hall–Kier alpha value is -4.55. The molecule has 258 valence electrons. The summed E-state index contributed by atoms with van der Waals surface area (Å²) >= 11 is 0. The molecule has 1 amide bonds. The first kappa shape index (κ1) is 34.8. The first-order chi connectivity index (χ1) is 22.9. The van der Waals surface area contributed by atoms with Crippen molar-refractivity contribution in [1.29, 1.82) is 0 Å². The van der Waals surface area contributed by atoms with Crippen LogP contribution in [0.5, 0.6) is 5.75 Å². The van der Waals surface area contributed by atoms with Crippen LogP contribution in [-0.2, 0) is 11.8 Å². The minimum Gasteiger partial charge on any atom is -0.494 e. The second kappa shape index (κ2) is 15.1. The van der Waals surface area contributed by atoms with Gasteiger partial charge >= 0.3 is 6.09 Å². The zero-order chi connectivity index (χ0) is 34.4. The van der Waals surface area contributed by atoms with Crippen molar-refractivity contribution in [1.82, 2.24) is 29.2 Å². The van der Waals surface area contributed by atoms with Gasteiger partial charge in [0.2, 0.25) is 5.95 Å². The molecule has 0 saturated carbocycles. The molecule has 0 bridgehead atoms. The van der Waals surface area contributed by atoms with Gasteiger partial charge in [-0.1, -0.05) is 18.2 Å². The van der Waals surface area contributed by atoms with Crippen LogP contribution in [0, 0.1) is 0 Å². The van der Waals surface area contributed by atoms with Crippen molar-refractivity contribution >= 4 is 40.0 Å². The van der Waals surface area contributed by atoms with E-state index in [0.29, 0.717) is 36.2 Å². The summed E-state index contributed by atoms with van der Waals surface area (Å²) in [4.78, 5) is 30.4. The number of para-hydroxylation sites is 1. The monoisotopic (exact) mass is 657 g/mol. The molecule has 3 N–H and O–H groups in total. The number of piperazine rings is 1. The molecule has 1 aliphatic rings. The number of likely N-dealkylation sites (N-methyl/N-ethyl adjacent to an activating group) is 2. The average molecular weight is 658 g/mol. The zero-order valence-electron chi connectivity index (χ0n) is 29.5. The molecular formula is C36H51N9O3. The summed E-state index contributed by atoms with van der Waals surface area (Å²) in [6.07, 6.45) is 4.70. The average Bonchev–Trinajstić information content (AvgIpc) is 3.39. The predicted octanol–water partition coefficient (Wildman–Crippen LogP) is 5.28. The third-order valence-electron chi connectivity index (χ3n) is 8.69. The number of hydrogen-bond acceptors (Lipinski definition) is 10. The van der Waals surface area contributed by atoms with E-state index in [1.165, 1.54) is 0 Å². The van der Waals surface area contributed by atoms with Crippen LogP contribution in [0.2, 0.25) is 0 Å². The Balaban J connectivity index is 1.12. The number of hydrogen-bond donors (Lipinski definition) is 2. The summed E-state index contributed by atoms with van der Waals surface area (Å²) in [5.74, 6) is 1.12. The van der Waals surface area contributed by atoms with Gasteiger partial charge < -0.3 is 39.8 Å². The van der Waals surface area contributed by atoms with Gasteiger partial charge in [0.05, 0.1) is 29.9 Å². The molecule has 0 radical (unpaired) electrons. The number of ether oxygens (including phenoxy) is 2. The van der Waals surface area contributed by atoms with Crippen molar-refractivity contribution in [2.24, 2.45) is 7.05 Å². The van der Waals surface area contributed by atoms with Gasteiger partial charge in [-0.3, -0.25) is 4.90 Å². The van der Waals surface area contributed by atoms with Crippen LogP contribution in [0.3, 0.4) is 0 Å². The highest BCUT2D eigenvalue weighted by molar-refractivity contribution is 5.95. The molecule has 0 unspecified atom stereocenters. The van der Waals surface area contributed by atoms with Gasteiger partial charge in [-0.15, -0.1) is 0 Å². The van der Waals surface area contributed by atoms with Gasteiger partial charge in [0.15, 0.2) is 0 Å². The number of nitrogens with one attached hydrogen (secondary N) is 1. The molecule has 3 heterocycles. The number of fused-ring (bicyclic) bond motifs is 1. The van der Waals surface area contributed by atoms with Gasteiger partial charge in [0.1, 0.15) is 11.4 Å². The number of carbonyl (C=O) groups excluding carboxylic acids is 1. The molecule has 4 aromatic rings. The molecule has 5 rings (SSSR count). The van der Waals surface area contributed by atoms with Crippen LogP contribution in [0.4, 0.5) is 27.8 Å². The van der Waals surface area contributed by atoms with Crippen molar-refractivity contribution in [2.45, 2.75) is 32.8 Å². The number of aryl methyl sites for hydroxylation is 1. The highest BCUT2D eigenvalue weighted by Crippen LogP contribution is 2.36. The SMILES string of the molecule is COc1cc(N(C)CCN(C)CCCN2CCN(C(=O)OC(C)(C)C)CC2)c(N)cc1Nc1nccc(-c2cn(C)c3ccccc23)n1. The van der Waals surface area contributed by atoms with Gasteiger partial charge in [0, 0.05) is 88.3 Å². The lowest BCUT2D eigenvalue weighted by Gasteiger charge is -2.35. The van der Waals surface area contributed by atoms with Crippen molar-refractivity contribution in [2.75, 3.05) is 89.5 Å². The predicted molar refractivity (Wildman–Crippen MR) is 194 cm³/mol. The number of nitrogens with two attached hydrogens (primary N) is 1. The largest absolute Gasteiger partial charge is 0.494 e. The molecule has 12 heteroatoms. The van der Waals surface area contributed by atoms with E-state index < -0.39 is 5.60 Å². The zero-order valence-corrected chi connectivity index (χ0v) is 29.5. The Morgan fingerprint density at radius 3 is 2.52 bits per heavy atom. The molecule has 12 nitrogen and oxygen atoms in total. The van der Waals surface area contributed by atoms with Crippen LogP contribution in [0.25, 0.3) is 22.2 Å². The number of nitrogen functional groups attached to an aromatic ring is 1. The number of rotatable bonds is 12. The summed E-state index contributed by atoms with van der Waals surface area (Å²) in [7, 11) is 7.89. The highest BCUT2D eigenvalue weighted by atomic mass is 16.6. The maximum absolute atomic E-state index is 12.3. The van der Waals surface area contributed by atoms with Crippen LogP contribution >= 0.6 is 0 Å². The van der Waals surface area contributed by atoms with Crippen LogP contribution in [0.1, 0.15) is 27.2 Å². The third kappa shape index (κ3) is 8.67. The fourth-order valence-corrected chi connectivity index (χ4v) is 6.02. The van der Waals surface area contributed by atoms with Crippen molar-refractivity contribution in [3.05, 3.63) is 54.9 Å². The Kier molecular flexibility index (Phi) is 11.0. The molecule has 48 heavy (non-hydrogen) atoms. The lowest BCUT2D eigenvalue weighted by molar-refractivity contribution is 0.0143. The van der Waals surface area contributed by atoms with E-state index in [2.05, 4.69) is 54.9 Å². The Labute approximate surface area is 284 Å². The quantitative estimate of drug-likeness (QED) is 0.195. The number of benzene rings is 2. The lowest BCUT2D eigenvalue weighted by atomic mass is 10.1. The minimum absolute atomic E-state index is 0.216. The molecule has 1 aliphatic heterocycles. The number of nitrogens with zero attached hydrogens (tertiary/aromatic N) is 7. The summed E-state index contributed by atoms with van der Waals surface area (Å²) in [5.41, 5.74) is 11.4. The summed E-state index contributed by atoms with van der Waals surface area (Å²) in [6, 6.07) is 14.0. The minimum atomic E-state index is -0.465. The van der Waals surface area contributed by atoms with E-state index in [1.807, 2.05) is 70.1 Å². The highest BCUT2D eigenvalue weighted by Gasteiger charge is 2.25. The lowest BCUT2D eigenvalue weighted by Crippen LogP contribution is -2.50. The van der Waals surface area contributed by atoms with Gasteiger partial charge in [-0.05, 0) is 65.5 Å². The third-order valence-corrected chi connectivity index (χ3v) is 8.69. The fourth-order valence-electron chi connectivity index (χ4n) is 6.02. The summed E-state index contributed by atoms with van der Waals surface area (Å²) < 4.78 is 13.4. The van der Waals surface area contributed by atoms with E-state index in [0.717, 1.165) is 73.5 Å². The van der Waals surface area contributed by atoms with Gasteiger partial charge in [-0.25, -0.2) is 14.8 Å². The van der Waals surface area contributed by atoms with E-state index in [9.17, 15) is 4.79 Å². The van der Waals surface area contributed by atoms with Crippen molar-refractivity contribution < 1.29 is 14.3 Å². The van der Waals surface area contributed by atoms with Crippen LogP contribution in [-0.4, -0.2) is 114 Å². The molecule has 2 aromatic carbocycles. The number of methoxy groups -OCH3 is 1. The van der Waals surface area contributed by atoms with Crippen LogP contribution < -0.4 is 20.7 Å². The second-order valence-corrected chi connectivity index (χ2v) is 13.6. The molecular weight excluding hydrogens is 606 g/mol. The normalized spacial score (nSPS) is 14.0. The maximum atomic E-state index is 12.3. The Morgan fingerprint density at radius 2 is 1.79 bits per heavy atom. The summed E-state index contributed by atoms with van der Waals surface area (Å²) in [5, 5.41) is 4.46. The fraction of sp³-hybridized carbons (Fsp3) is 0.472. The summed E-state index contributed by atoms with van der Waals surface area (Å²) in [6.45, 7) is 12.6. The van der Waals surface area contributed by atoms with Crippen molar-refractivity contribution in [3.63, 3.8) is 0 Å². The smallest absolute Gasteiger partial charge is 0.410 e. The molecule has 0 aliphatic carbocycles. The number of amides is 1. The van der Waals surface area contributed by atoms with E-state index in [1.54, 1.807) is 13.3 Å². The van der Waals surface area contributed by atoms with Crippen molar-refractivity contribution in [3.8, 4) is 17.0 Å². The standard InChI is InChI=1S/C36H51N9O3/c1-36(2,3)48-35(46)45-21-19-44(20-22-45)16-10-15-41(4)17-18-42(5)32-24-33(47-7)30(23-28(32)37)40-34-38-14-13-29(39-34)27-25-43(6)31-12-9-8-11-26(27)31/h8-9,11-14,23-25H,10,15-22,37H2,1-7H3,(H,38,39,40). The first-order valence-electron chi connectivity index (χ1n) is 16.6. The number of anilines is 4. The molecule has 0 atom stereocenters. The molecule has 2 aromatic heterocycles. The van der Waals surface area contributed by atoms with Gasteiger partial charge in [0.25, 0.3) is 0 Å². The van der Waals surface area contributed by atoms with Crippen LogP contribution in [0.15, 0.2) is 54.9 Å². The van der Waals surface area contributed by atoms with Gasteiger partial charge in [-0.2, -0.15) is 0 Å². The van der Waals surface area contributed by atoms with E-state index in [4.69, 9.17) is 20.2 Å². The Bertz CT molecular complexity index is 1690. The molecule has 1 saturated heterocycles. The molecule has 0 spiro atoms.